The lowest BCUT2D eigenvalue weighted by atomic mass is 10.1. The summed E-state index contributed by atoms with van der Waals surface area (Å²) in [5.41, 5.74) is 10.1. The lowest BCUT2D eigenvalue weighted by molar-refractivity contribution is -0.116. The second-order valence-electron chi connectivity index (χ2n) is 7.55. The fourth-order valence-electron chi connectivity index (χ4n) is 4.23. The van der Waals surface area contributed by atoms with Crippen LogP contribution in [0.3, 0.4) is 0 Å². The normalized spacial score (nSPS) is 21.4. The van der Waals surface area contributed by atoms with Gasteiger partial charge in [-0.1, -0.05) is 6.07 Å². The highest BCUT2D eigenvalue weighted by atomic mass is 16.6. The van der Waals surface area contributed by atoms with E-state index in [4.69, 9.17) is 19.6 Å². The highest BCUT2D eigenvalue weighted by Crippen LogP contribution is 2.27. The Kier molecular flexibility index (Phi) is 3.80. The van der Waals surface area contributed by atoms with Gasteiger partial charge in [-0.3, -0.25) is 9.20 Å². The summed E-state index contributed by atoms with van der Waals surface area (Å²) in [7, 11) is 0. The van der Waals surface area contributed by atoms with Gasteiger partial charge in [0.05, 0.1) is 19.4 Å². The van der Waals surface area contributed by atoms with Crippen LogP contribution >= 0.6 is 0 Å². The number of oxazole rings is 1. The van der Waals surface area contributed by atoms with Gasteiger partial charge in [0.15, 0.2) is 5.58 Å². The average molecular weight is 405 g/mol. The zero-order valence-electron chi connectivity index (χ0n) is 16.0. The first-order valence-corrected chi connectivity index (χ1v) is 9.82. The average Bonchev–Trinajstić information content (AvgIpc) is 3.47. The number of ether oxygens (including phenoxy) is 2. The Bertz CT molecular complexity index is 1270. The molecule has 1 amide bonds. The molecule has 2 N–H and O–H groups in total. The number of hydrogen-bond acceptors (Lipinski definition) is 7. The Hall–Kier alpha value is -3.43. The molecule has 30 heavy (non-hydrogen) atoms. The lowest BCUT2D eigenvalue weighted by Crippen LogP contribution is -2.36. The summed E-state index contributed by atoms with van der Waals surface area (Å²) in [5, 5.41) is 0. The van der Waals surface area contributed by atoms with Gasteiger partial charge in [-0.05, 0) is 35.4 Å². The van der Waals surface area contributed by atoms with Gasteiger partial charge in [0.2, 0.25) is 0 Å². The van der Waals surface area contributed by atoms with Crippen LogP contribution in [0.2, 0.25) is 0 Å². The van der Waals surface area contributed by atoms with E-state index >= 15 is 0 Å². The molecule has 2 atom stereocenters. The van der Waals surface area contributed by atoms with Gasteiger partial charge in [-0.2, -0.15) is 4.98 Å². The molecule has 2 aliphatic rings. The van der Waals surface area contributed by atoms with Gasteiger partial charge in [0.1, 0.15) is 29.1 Å². The maximum atomic E-state index is 13.2. The minimum atomic E-state index is -0.0824. The highest BCUT2D eigenvalue weighted by Gasteiger charge is 2.39. The Morgan fingerprint density at radius 3 is 2.63 bits per heavy atom. The molecule has 2 fully saturated rings. The number of likely N-dealkylation sites (tertiary alicyclic amines) is 1. The molecule has 0 aliphatic carbocycles. The molecule has 2 saturated heterocycles. The Labute approximate surface area is 171 Å². The Morgan fingerprint density at radius 1 is 1.07 bits per heavy atom. The van der Waals surface area contributed by atoms with Crippen LogP contribution in [0, 0.1) is 0 Å². The van der Waals surface area contributed by atoms with Crippen LogP contribution in [-0.4, -0.2) is 63.7 Å². The number of aromatic nitrogens is 3. The highest BCUT2D eigenvalue weighted by molar-refractivity contribution is 5.94. The SMILES string of the molecule is Nc1nc2cc(-c3ccc4ncc(C(=O)N5C[C@H]6OCCO[C@@H]6C5)n4c3)ccc2o1. The Morgan fingerprint density at radius 2 is 1.83 bits per heavy atom. The fraction of sp³-hybridized carbons (Fsp3) is 0.286. The molecule has 0 bridgehead atoms. The molecule has 6 rings (SSSR count). The Balaban J connectivity index is 1.35. The largest absolute Gasteiger partial charge is 0.424 e. The molecular weight excluding hydrogens is 386 g/mol. The first-order valence-electron chi connectivity index (χ1n) is 9.82. The van der Waals surface area contributed by atoms with E-state index in [9.17, 15) is 4.79 Å². The third-order valence-electron chi connectivity index (χ3n) is 5.71. The third kappa shape index (κ3) is 2.74. The molecule has 0 spiro atoms. The molecule has 2 aliphatic heterocycles. The smallest absolute Gasteiger partial charge is 0.292 e. The molecule has 4 aromatic rings. The number of fused-ring (bicyclic) bond motifs is 3. The summed E-state index contributed by atoms with van der Waals surface area (Å²) in [4.78, 5) is 23.6. The first kappa shape index (κ1) is 17.4. The van der Waals surface area contributed by atoms with E-state index < -0.39 is 0 Å². The maximum Gasteiger partial charge on any atom is 0.292 e. The molecule has 5 heterocycles. The number of nitrogens with zero attached hydrogens (tertiary/aromatic N) is 4. The van der Waals surface area contributed by atoms with Crippen molar-refractivity contribution in [3.05, 3.63) is 48.4 Å². The first-order chi connectivity index (χ1) is 14.7. The number of carbonyl (C=O) groups excluding carboxylic acids is 1. The molecule has 0 unspecified atom stereocenters. The van der Waals surface area contributed by atoms with Gasteiger partial charge in [-0.15, -0.1) is 0 Å². The number of imidazole rings is 1. The van der Waals surface area contributed by atoms with Gasteiger partial charge < -0.3 is 24.5 Å². The summed E-state index contributed by atoms with van der Waals surface area (Å²) in [5.74, 6) is -0.0824. The second kappa shape index (κ2) is 6.54. The van der Waals surface area contributed by atoms with Crippen LogP contribution in [0.15, 0.2) is 47.1 Å². The number of benzene rings is 1. The number of pyridine rings is 1. The number of nitrogens with two attached hydrogens (primary N) is 1. The van der Waals surface area contributed by atoms with Crippen molar-refractivity contribution in [2.24, 2.45) is 0 Å². The van der Waals surface area contributed by atoms with E-state index in [1.54, 1.807) is 11.1 Å². The predicted molar refractivity (Wildman–Crippen MR) is 108 cm³/mol. The van der Waals surface area contributed by atoms with Crippen molar-refractivity contribution in [1.29, 1.82) is 0 Å². The standard InChI is InChI=1S/C21H19N5O4/c22-21-24-14-7-12(1-3-16(14)30-21)13-2-4-19-23-8-15(26(19)9-13)20(27)25-10-17-18(11-25)29-6-5-28-17/h1-4,7-9,17-18H,5-6,10-11H2,(H2,22,24)/t17-,18-/m1/s1. The number of amides is 1. The molecule has 3 aromatic heterocycles. The quantitative estimate of drug-likeness (QED) is 0.543. The minimum absolute atomic E-state index is 0.0564. The molecule has 152 valence electrons. The number of hydrogen-bond donors (Lipinski definition) is 1. The summed E-state index contributed by atoms with van der Waals surface area (Å²) in [6.07, 6.45) is 3.42. The van der Waals surface area contributed by atoms with Crippen molar-refractivity contribution < 1.29 is 18.7 Å². The monoisotopic (exact) mass is 405 g/mol. The van der Waals surface area contributed by atoms with Crippen molar-refractivity contribution in [3.63, 3.8) is 0 Å². The topological polar surface area (TPSA) is 108 Å². The van der Waals surface area contributed by atoms with Crippen LogP contribution < -0.4 is 5.73 Å². The van der Waals surface area contributed by atoms with E-state index in [2.05, 4.69) is 9.97 Å². The molecular formula is C21H19N5O4. The zero-order valence-corrected chi connectivity index (χ0v) is 16.0. The number of rotatable bonds is 2. The fourth-order valence-corrected chi connectivity index (χ4v) is 4.23. The summed E-state index contributed by atoms with van der Waals surface area (Å²) in [6.45, 7) is 2.20. The summed E-state index contributed by atoms with van der Waals surface area (Å²) >= 11 is 0. The lowest BCUT2D eigenvalue weighted by Gasteiger charge is -2.24. The second-order valence-corrected chi connectivity index (χ2v) is 7.55. The third-order valence-corrected chi connectivity index (χ3v) is 5.71. The molecule has 0 radical (unpaired) electrons. The van der Waals surface area contributed by atoms with E-state index in [0.717, 1.165) is 11.1 Å². The van der Waals surface area contributed by atoms with E-state index in [0.29, 0.717) is 48.7 Å². The van der Waals surface area contributed by atoms with Crippen LogP contribution in [0.25, 0.3) is 27.9 Å². The van der Waals surface area contributed by atoms with Gasteiger partial charge >= 0.3 is 0 Å². The molecule has 0 saturated carbocycles. The van der Waals surface area contributed by atoms with Crippen LogP contribution in [-0.2, 0) is 9.47 Å². The number of anilines is 1. The van der Waals surface area contributed by atoms with E-state index in [-0.39, 0.29) is 24.1 Å². The predicted octanol–water partition coefficient (Wildman–Crippen LogP) is 1.96. The molecule has 1 aromatic carbocycles. The van der Waals surface area contributed by atoms with Crippen molar-refractivity contribution in [2.75, 3.05) is 32.0 Å². The van der Waals surface area contributed by atoms with Crippen molar-refractivity contribution in [2.45, 2.75) is 12.2 Å². The minimum Gasteiger partial charge on any atom is -0.424 e. The molecule has 9 heteroatoms. The van der Waals surface area contributed by atoms with Crippen LogP contribution in [0.1, 0.15) is 10.5 Å². The van der Waals surface area contributed by atoms with Gasteiger partial charge in [0, 0.05) is 19.3 Å². The number of carbonyl (C=O) groups is 1. The van der Waals surface area contributed by atoms with E-state index in [1.807, 2.05) is 40.9 Å². The summed E-state index contributed by atoms with van der Waals surface area (Å²) in [6, 6.07) is 9.68. The van der Waals surface area contributed by atoms with Crippen LogP contribution in [0.4, 0.5) is 6.01 Å². The van der Waals surface area contributed by atoms with Crippen molar-refractivity contribution in [1.82, 2.24) is 19.3 Å². The summed E-state index contributed by atoms with van der Waals surface area (Å²) < 4.78 is 18.6. The number of nitrogen functional groups attached to an aromatic ring is 1. The van der Waals surface area contributed by atoms with Crippen molar-refractivity contribution in [3.8, 4) is 11.1 Å². The van der Waals surface area contributed by atoms with Crippen molar-refractivity contribution >= 4 is 28.7 Å². The van der Waals surface area contributed by atoms with Gasteiger partial charge in [-0.25, -0.2) is 4.98 Å². The van der Waals surface area contributed by atoms with E-state index in [1.165, 1.54) is 0 Å². The van der Waals surface area contributed by atoms with Crippen LogP contribution in [0.5, 0.6) is 0 Å². The maximum absolute atomic E-state index is 13.2. The van der Waals surface area contributed by atoms with Gasteiger partial charge in [0.25, 0.3) is 11.9 Å². The zero-order chi connectivity index (χ0) is 20.2. The molecule has 9 nitrogen and oxygen atoms in total.